The first-order valence-corrected chi connectivity index (χ1v) is 10.4. The van der Waals surface area contributed by atoms with E-state index >= 15 is 0 Å². The van der Waals surface area contributed by atoms with Gasteiger partial charge in [-0.2, -0.15) is 26.3 Å². The van der Waals surface area contributed by atoms with Gasteiger partial charge in [0, 0.05) is 17.6 Å². The van der Waals surface area contributed by atoms with E-state index in [1.54, 1.807) is 18.2 Å². The van der Waals surface area contributed by atoms with E-state index in [1.807, 2.05) is 0 Å². The first-order valence-electron chi connectivity index (χ1n) is 10.4. The average molecular weight is 472 g/mol. The second-order valence-corrected chi connectivity index (χ2v) is 8.57. The Morgan fingerprint density at radius 1 is 1.03 bits per heavy atom. The molecule has 1 saturated carbocycles. The van der Waals surface area contributed by atoms with E-state index in [9.17, 15) is 31.1 Å². The fourth-order valence-corrected chi connectivity index (χ4v) is 5.08. The zero-order valence-corrected chi connectivity index (χ0v) is 17.7. The molecule has 2 aromatic rings. The number of methoxy groups -OCH3 is 1. The van der Waals surface area contributed by atoms with Gasteiger partial charge < -0.3 is 15.0 Å². The number of benzene rings is 2. The molecule has 1 aliphatic carbocycles. The molecule has 4 nitrogen and oxygen atoms in total. The summed E-state index contributed by atoms with van der Waals surface area (Å²) in [5, 5.41) is 2.39. The van der Waals surface area contributed by atoms with Gasteiger partial charge in [-0.15, -0.1) is 0 Å². The van der Waals surface area contributed by atoms with E-state index in [-0.39, 0.29) is 12.2 Å². The third-order valence-corrected chi connectivity index (χ3v) is 6.70. The number of rotatable bonds is 4. The monoisotopic (exact) mass is 472 g/mol. The van der Waals surface area contributed by atoms with Crippen molar-refractivity contribution in [3.8, 4) is 5.75 Å². The van der Waals surface area contributed by atoms with Gasteiger partial charge in [0.05, 0.1) is 24.6 Å². The van der Waals surface area contributed by atoms with Crippen LogP contribution in [0.15, 0.2) is 48.5 Å². The highest BCUT2D eigenvalue weighted by Crippen LogP contribution is 2.69. The summed E-state index contributed by atoms with van der Waals surface area (Å²) in [5.41, 5.74) is -3.24. The lowest BCUT2D eigenvalue weighted by Gasteiger charge is -2.44. The highest BCUT2D eigenvalue weighted by molar-refractivity contribution is 5.90. The third kappa shape index (κ3) is 4.22. The third-order valence-electron chi connectivity index (χ3n) is 6.70. The largest absolute Gasteiger partial charge is 0.497 e. The number of nitrogens with zero attached hydrogens (tertiary/aromatic N) is 1. The van der Waals surface area contributed by atoms with Crippen LogP contribution in [0.2, 0.25) is 0 Å². The van der Waals surface area contributed by atoms with Crippen molar-refractivity contribution in [2.45, 2.75) is 43.6 Å². The Balaban J connectivity index is 1.75. The summed E-state index contributed by atoms with van der Waals surface area (Å²) >= 11 is 0. The predicted octanol–water partition coefficient (Wildman–Crippen LogP) is 6.58. The molecule has 1 saturated heterocycles. The fraction of sp³-hybridized carbons (Fsp3) is 0.435. The van der Waals surface area contributed by atoms with Crippen LogP contribution >= 0.6 is 0 Å². The Morgan fingerprint density at radius 2 is 1.73 bits per heavy atom. The predicted molar refractivity (Wildman–Crippen MR) is 109 cm³/mol. The lowest BCUT2D eigenvalue weighted by atomic mass is 9.73. The molecule has 0 bridgehead atoms. The van der Waals surface area contributed by atoms with Crippen molar-refractivity contribution in [2.75, 3.05) is 19.0 Å². The van der Waals surface area contributed by atoms with Crippen LogP contribution in [0.25, 0.3) is 0 Å². The van der Waals surface area contributed by atoms with Gasteiger partial charge in [-0.05, 0) is 55.2 Å². The number of carbonyl (C=O) groups is 1. The molecule has 0 aromatic heterocycles. The molecule has 4 rings (SSSR count). The van der Waals surface area contributed by atoms with Crippen LogP contribution in [0.4, 0.5) is 36.8 Å². The van der Waals surface area contributed by atoms with Crippen LogP contribution in [0.1, 0.15) is 36.8 Å². The Morgan fingerprint density at radius 3 is 2.33 bits per heavy atom. The molecule has 33 heavy (non-hydrogen) atoms. The smallest absolute Gasteiger partial charge is 0.416 e. The van der Waals surface area contributed by atoms with Crippen molar-refractivity contribution >= 4 is 11.7 Å². The van der Waals surface area contributed by atoms with E-state index in [4.69, 9.17) is 4.74 Å². The first-order chi connectivity index (χ1) is 15.4. The molecular formula is C23H22F6N2O2. The molecule has 10 heteroatoms. The lowest BCUT2D eigenvalue weighted by molar-refractivity contribution is -0.165. The van der Waals surface area contributed by atoms with Crippen LogP contribution in [0.3, 0.4) is 0 Å². The number of hydrogen-bond donors (Lipinski definition) is 1. The number of halogens is 6. The van der Waals surface area contributed by atoms with Crippen molar-refractivity contribution in [1.29, 1.82) is 0 Å². The van der Waals surface area contributed by atoms with Gasteiger partial charge >= 0.3 is 18.4 Å². The molecule has 2 aromatic carbocycles. The van der Waals surface area contributed by atoms with E-state index in [0.29, 0.717) is 30.6 Å². The maximum Gasteiger partial charge on any atom is 0.416 e. The number of anilines is 1. The second kappa shape index (κ2) is 7.85. The Bertz CT molecular complexity index is 1050. The van der Waals surface area contributed by atoms with Crippen LogP contribution in [0.5, 0.6) is 5.75 Å². The number of ether oxygens (including phenoxy) is 1. The molecule has 1 N–H and O–H groups in total. The van der Waals surface area contributed by atoms with Gasteiger partial charge in [0.25, 0.3) is 0 Å². The van der Waals surface area contributed by atoms with Crippen LogP contribution < -0.4 is 10.1 Å². The maximum atomic E-state index is 13.9. The van der Waals surface area contributed by atoms with Gasteiger partial charge in [0.1, 0.15) is 5.75 Å². The topological polar surface area (TPSA) is 41.6 Å². The highest BCUT2D eigenvalue weighted by Gasteiger charge is 2.69. The number of hydrogen-bond acceptors (Lipinski definition) is 2. The van der Waals surface area contributed by atoms with Crippen LogP contribution in [-0.4, -0.2) is 30.8 Å². The molecule has 1 spiro atoms. The average Bonchev–Trinajstić information content (AvgIpc) is 3.46. The second-order valence-electron chi connectivity index (χ2n) is 8.57. The quantitative estimate of drug-likeness (QED) is 0.511. The summed E-state index contributed by atoms with van der Waals surface area (Å²) < 4.78 is 86.2. The number of nitrogens with one attached hydrogen (secondary N) is 1. The zero-order valence-electron chi connectivity index (χ0n) is 17.7. The summed E-state index contributed by atoms with van der Waals surface area (Å²) in [7, 11) is 1.40. The molecule has 0 radical (unpaired) electrons. The van der Waals surface area contributed by atoms with Crippen LogP contribution in [0, 0.1) is 5.41 Å². The van der Waals surface area contributed by atoms with Gasteiger partial charge in [-0.25, -0.2) is 4.79 Å². The highest BCUT2D eigenvalue weighted by atomic mass is 19.4. The van der Waals surface area contributed by atoms with Gasteiger partial charge in [-0.3, -0.25) is 0 Å². The van der Waals surface area contributed by atoms with Crippen LogP contribution in [-0.2, 0) is 11.7 Å². The number of amides is 2. The van der Waals surface area contributed by atoms with E-state index < -0.39 is 41.3 Å². The van der Waals surface area contributed by atoms with E-state index in [1.165, 1.54) is 19.2 Å². The molecule has 0 unspecified atom stereocenters. The number of carbonyl (C=O) groups excluding carboxylic acids is 1. The first kappa shape index (κ1) is 23.3. The Kier molecular flexibility index (Phi) is 5.53. The Labute approximate surface area is 186 Å². The summed E-state index contributed by atoms with van der Waals surface area (Å²) in [5.74, 6) is 0.356. The number of urea groups is 1. The lowest BCUT2D eigenvalue weighted by Crippen LogP contribution is -2.53. The fourth-order valence-electron chi connectivity index (χ4n) is 5.08. The van der Waals surface area contributed by atoms with E-state index in [2.05, 4.69) is 5.32 Å². The zero-order chi connectivity index (χ0) is 24.1. The van der Waals surface area contributed by atoms with Gasteiger partial charge in [0.2, 0.25) is 0 Å². The molecule has 2 amide bonds. The minimum Gasteiger partial charge on any atom is -0.497 e. The molecular weight excluding hydrogens is 450 g/mol. The minimum absolute atomic E-state index is 0.0537. The maximum absolute atomic E-state index is 13.9. The molecule has 1 aliphatic heterocycles. The van der Waals surface area contributed by atoms with Crippen molar-refractivity contribution in [1.82, 2.24) is 4.90 Å². The van der Waals surface area contributed by atoms with Crippen molar-refractivity contribution < 1.29 is 35.9 Å². The molecule has 1 atom stereocenters. The standard InChI is InChI=1S/C23H22F6N2O2/c1-33-18-7-3-4-15(13-18)21(14-22(24,25)26)20(8-9-20)10-11-31(21)19(32)30-17-6-2-5-16(12-17)23(27,28)29/h2-7,12-13H,8-11,14H2,1H3,(H,30,32)/t21-/m1/s1. The molecule has 1 heterocycles. The summed E-state index contributed by atoms with van der Waals surface area (Å²) in [6, 6.07) is 9.38. The molecule has 178 valence electrons. The molecule has 2 aliphatic rings. The normalized spacial score (nSPS) is 21.8. The SMILES string of the molecule is COc1cccc([C@@]2(CC(F)(F)F)N(C(=O)Nc3cccc(C(F)(F)F)c3)CCC23CC3)c1. The van der Waals surface area contributed by atoms with Crippen molar-refractivity contribution in [2.24, 2.45) is 5.41 Å². The van der Waals surface area contributed by atoms with Gasteiger partial charge in [-0.1, -0.05) is 18.2 Å². The van der Waals surface area contributed by atoms with Gasteiger partial charge in [0.15, 0.2) is 0 Å². The van der Waals surface area contributed by atoms with Crippen molar-refractivity contribution in [3.63, 3.8) is 0 Å². The summed E-state index contributed by atoms with van der Waals surface area (Å²) in [6.07, 6.45) is -9.05. The number of alkyl halides is 6. The summed E-state index contributed by atoms with van der Waals surface area (Å²) in [6.45, 7) is 0.0537. The van der Waals surface area contributed by atoms with E-state index in [0.717, 1.165) is 23.1 Å². The minimum atomic E-state index is -4.62. The Hall–Kier alpha value is -2.91. The molecule has 2 fully saturated rings. The van der Waals surface area contributed by atoms with Crippen molar-refractivity contribution in [3.05, 3.63) is 59.7 Å². The number of likely N-dealkylation sites (tertiary alicyclic amines) is 1. The summed E-state index contributed by atoms with van der Waals surface area (Å²) in [4.78, 5) is 14.4.